The molecule has 0 radical (unpaired) electrons. The van der Waals surface area contributed by atoms with Gasteiger partial charge in [-0.3, -0.25) is 19.8 Å². The van der Waals surface area contributed by atoms with Crippen LogP contribution in [0.2, 0.25) is 0 Å². The number of benzene rings is 2. The third-order valence-corrected chi connectivity index (χ3v) is 8.49. The lowest BCUT2D eigenvalue weighted by molar-refractivity contribution is -0.385. The molecule has 1 N–H and O–H groups in total. The predicted molar refractivity (Wildman–Crippen MR) is 149 cm³/mol. The van der Waals surface area contributed by atoms with E-state index < -0.39 is 4.92 Å². The molecule has 2 atom stereocenters. The standard InChI is InChI=1S/C28H33N5O3S/c34-27(14-13-21-7-3-5-11-25(21)33(35)36)29-19-22-8-1-2-9-23(22)20-31-15-17-32(18-16-31)28-24-10-4-6-12-26(24)37-30-28/h3-7,10-14,22-23H,1-2,8-9,15-20H2,(H,29,34)/t22-,23-/m1/s1. The van der Waals surface area contributed by atoms with Crippen LogP contribution in [0.4, 0.5) is 11.5 Å². The molecule has 194 valence electrons. The molecule has 9 heteroatoms. The van der Waals surface area contributed by atoms with Gasteiger partial charge in [-0.05, 0) is 60.5 Å². The molecule has 2 aliphatic rings. The van der Waals surface area contributed by atoms with Gasteiger partial charge in [-0.1, -0.05) is 37.1 Å². The number of nitrogens with one attached hydrogen (secondary N) is 1. The zero-order chi connectivity index (χ0) is 25.6. The van der Waals surface area contributed by atoms with E-state index in [9.17, 15) is 14.9 Å². The quantitative estimate of drug-likeness (QED) is 0.257. The molecule has 1 saturated carbocycles. The third kappa shape index (κ3) is 6.17. The van der Waals surface area contributed by atoms with Crippen LogP contribution >= 0.6 is 11.5 Å². The van der Waals surface area contributed by atoms with Gasteiger partial charge in [0, 0.05) is 56.8 Å². The maximum absolute atomic E-state index is 12.5. The average molecular weight is 520 g/mol. The van der Waals surface area contributed by atoms with Gasteiger partial charge in [-0.2, -0.15) is 4.37 Å². The van der Waals surface area contributed by atoms with Gasteiger partial charge in [0.05, 0.1) is 15.2 Å². The second-order valence-corrected chi connectivity index (χ2v) is 10.8. The SMILES string of the molecule is O=C(C=Cc1ccccc1[N+](=O)[O-])NC[C@H]1CCCC[C@@H]1CN1CCN(c2nsc3ccccc23)CC1. The molecule has 0 unspecified atom stereocenters. The maximum Gasteiger partial charge on any atom is 0.276 e. The van der Waals surface area contributed by atoms with Gasteiger partial charge in [-0.25, -0.2) is 0 Å². The summed E-state index contributed by atoms with van der Waals surface area (Å²) in [5.41, 5.74) is 0.435. The molecule has 37 heavy (non-hydrogen) atoms. The van der Waals surface area contributed by atoms with Gasteiger partial charge in [0.1, 0.15) is 5.82 Å². The number of fused-ring (bicyclic) bond motifs is 1. The highest BCUT2D eigenvalue weighted by Crippen LogP contribution is 2.32. The van der Waals surface area contributed by atoms with Crippen LogP contribution in [0.25, 0.3) is 16.2 Å². The molecule has 3 aromatic rings. The minimum absolute atomic E-state index is 0.00181. The van der Waals surface area contributed by atoms with Crippen LogP contribution in [0.1, 0.15) is 31.2 Å². The Hall–Kier alpha value is -3.30. The second-order valence-electron chi connectivity index (χ2n) is 9.99. The van der Waals surface area contributed by atoms with Crippen LogP contribution in [-0.2, 0) is 4.79 Å². The largest absolute Gasteiger partial charge is 0.353 e. The number of carbonyl (C=O) groups excluding carboxylic acids is 1. The summed E-state index contributed by atoms with van der Waals surface area (Å²) in [6.07, 6.45) is 7.71. The molecule has 8 nitrogen and oxygen atoms in total. The smallest absolute Gasteiger partial charge is 0.276 e. The van der Waals surface area contributed by atoms with Crippen LogP contribution < -0.4 is 10.2 Å². The number of aromatic nitrogens is 1. The summed E-state index contributed by atoms with van der Waals surface area (Å²) in [4.78, 5) is 28.2. The number of piperazine rings is 1. The van der Waals surface area contributed by atoms with Gasteiger partial charge in [-0.15, -0.1) is 0 Å². The molecule has 1 aliphatic carbocycles. The van der Waals surface area contributed by atoms with E-state index in [1.807, 2.05) is 0 Å². The fourth-order valence-corrected chi connectivity index (χ4v) is 6.41. The second kappa shape index (κ2) is 11.8. The highest BCUT2D eigenvalue weighted by molar-refractivity contribution is 7.13. The fraction of sp³-hybridized carbons (Fsp3) is 0.429. The monoisotopic (exact) mass is 519 g/mol. The summed E-state index contributed by atoms with van der Waals surface area (Å²) in [6, 6.07) is 14.9. The molecule has 0 spiro atoms. The fourth-order valence-electron chi connectivity index (χ4n) is 5.62. The number of carbonyl (C=O) groups is 1. The number of nitro groups is 1. The maximum atomic E-state index is 12.5. The van der Waals surface area contributed by atoms with Gasteiger partial charge in [0.2, 0.25) is 5.91 Å². The molecule has 1 aliphatic heterocycles. The molecule has 2 heterocycles. The zero-order valence-corrected chi connectivity index (χ0v) is 21.7. The first kappa shape index (κ1) is 25.4. The van der Waals surface area contributed by atoms with Crippen LogP contribution in [0.5, 0.6) is 0 Å². The van der Waals surface area contributed by atoms with E-state index >= 15 is 0 Å². The van der Waals surface area contributed by atoms with Crippen LogP contribution in [0.3, 0.4) is 0 Å². The Kier molecular flexibility index (Phi) is 8.11. The minimum atomic E-state index is -0.427. The molecule has 0 bridgehead atoms. The van der Waals surface area contributed by atoms with Crippen molar-refractivity contribution >= 4 is 45.1 Å². The number of nitro benzene ring substituents is 1. The van der Waals surface area contributed by atoms with Gasteiger partial charge in [0.15, 0.2) is 0 Å². The van der Waals surface area contributed by atoms with Crippen molar-refractivity contribution in [3.05, 3.63) is 70.3 Å². The Morgan fingerprint density at radius 1 is 1.05 bits per heavy atom. The van der Waals surface area contributed by atoms with Crippen LogP contribution in [-0.4, -0.2) is 59.4 Å². The van der Waals surface area contributed by atoms with Crippen molar-refractivity contribution in [2.24, 2.45) is 11.8 Å². The Balaban J connectivity index is 1.12. The number of hydrogen-bond donors (Lipinski definition) is 1. The van der Waals surface area contributed by atoms with Crippen molar-refractivity contribution in [1.82, 2.24) is 14.6 Å². The molecule has 2 aromatic carbocycles. The van der Waals surface area contributed by atoms with Crippen molar-refractivity contribution in [2.45, 2.75) is 25.7 Å². The molecular formula is C28H33N5O3S. The first-order valence-corrected chi connectivity index (χ1v) is 13.9. The third-order valence-electron chi connectivity index (χ3n) is 7.68. The molecule has 1 amide bonds. The predicted octanol–water partition coefficient (Wildman–Crippen LogP) is 4.96. The minimum Gasteiger partial charge on any atom is -0.353 e. The van der Waals surface area contributed by atoms with Crippen LogP contribution in [0, 0.1) is 22.0 Å². The Labute approximate surface area is 221 Å². The highest BCUT2D eigenvalue weighted by Gasteiger charge is 2.29. The molecule has 1 aromatic heterocycles. The van der Waals surface area contributed by atoms with Gasteiger partial charge >= 0.3 is 0 Å². The number of anilines is 1. The summed E-state index contributed by atoms with van der Waals surface area (Å²) >= 11 is 1.57. The summed E-state index contributed by atoms with van der Waals surface area (Å²) in [5.74, 6) is 1.94. The highest BCUT2D eigenvalue weighted by atomic mass is 32.1. The lowest BCUT2D eigenvalue weighted by atomic mass is 9.78. The van der Waals surface area contributed by atoms with Gasteiger partial charge in [0.25, 0.3) is 5.69 Å². The molecule has 5 rings (SSSR count). The van der Waals surface area contributed by atoms with E-state index in [2.05, 4.69) is 39.4 Å². The normalized spacial score (nSPS) is 20.9. The van der Waals surface area contributed by atoms with E-state index in [1.54, 1.807) is 29.7 Å². The lowest BCUT2D eigenvalue weighted by Crippen LogP contribution is -2.49. The first-order valence-electron chi connectivity index (χ1n) is 13.1. The summed E-state index contributed by atoms with van der Waals surface area (Å²) < 4.78 is 5.97. The van der Waals surface area contributed by atoms with E-state index in [0.717, 1.165) is 45.0 Å². The van der Waals surface area contributed by atoms with E-state index in [4.69, 9.17) is 4.37 Å². The Morgan fingerprint density at radius 2 is 1.78 bits per heavy atom. The van der Waals surface area contributed by atoms with Crippen molar-refractivity contribution in [3.8, 4) is 0 Å². The van der Waals surface area contributed by atoms with E-state index in [-0.39, 0.29) is 11.6 Å². The number of nitrogens with zero attached hydrogens (tertiary/aromatic N) is 4. The molecular weight excluding hydrogens is 486 g/mol. The number of para-hydroxylation sites is 1. The number of hydrogen-bond acceptors (Lipinski definition) is 7. The first-order chi connectivity index (χ1) is 18.1. The topological polar surface area (TPSA) is 91.6 Å². The Bertz CT molecular complexity index is 1270. The van der Waals surface area contributed by atoms with Crippen molar-refractivity contribution in [3.63, 3.8) is 0 Å². The number of rotatable bonds is 8. The Morgan fingerprint density at radius 3 is 2.59 bits per heavy atom. The van der Waals surface area contributed by atoms with Crippen molar-refractivity contribution < 1.29 is 9.72 Å². The van der Waals surface area contributed by atoms with E-state index in [1.165, 1.54) is 47.6 Å². The van der Waals surface area contributed by atoms with Gasteiger partial charge < -0.3 is 10.2 Å². The molecule has 2 fully saturated rings. The van der Waals surface area contributed by atoms with Crippen LogP contribution in [0.15, 0.2) is 54.6 Å². The van der Waals surface area contributed by atoms with Crippen molar-refractivity contribution in [1.29, 1.82) is 0 Å². The lowest BCUT2D eigenvalue weighted by Gasteiger charge is -2.40. The molecule has 1 saturated heterocycles. The summed E-state index contributed by atoms with van der Waals surface area (Å²) in [5, 5.41) is 15.5. The number of amides is 1. The summed E-state index contributed by atoms with van der Waals surface area (Å²) in [7, 11) is 0. The van der Waals surface area contributed by atoms with E-state index in [0.29, 0.717) is 23.9 Å². The van der Waals surface area contributed by atoms with Crippen molar-refractivity contribution in [2.75, 3.05) is 44.2 Å². The average Bonchev–Trinajstić information content (AvgIpc) is 3.36. The summed E-state index contributed by atoms with van der Waals surface area (Å²) in [6.45, 7) is 5.74. The zero-order valence-electron chi connectivity index (χ0n) is 20.9.